The zero-order valence-electron chi connectivity index (χ0n) is 7.33. The molecule has 0 unspecified atom stereocenters. The number of phenols is 2. The number of benzene rings is 1. The van der Waals surface area contributed by atoms with Crippen molar-refractivity contribution in [3.63, 3.8) is 0 Å². The normalized spacial score (nSPS) is 29.2. The summed E-state index contributed by atoms with van der Waals surface area (Å²) in [6.07, 6.45) is 3.48. The van der Waals surface area contributed by atoms with Crippen LogP contribution in [0.1, 0.15) is 42.2 Å². The molecule has 0 aromatic heterocycles. The molecule has 1 fully saturated rings. The molecule has 13 heavy (non-hydrogen) atoms. The Morgan fingerprint density at radius 2 is 1.38 bits per heavy atom. The lowest BCUT2D eigenvalue weighted by Crippen LogP contribution is -1.98. The average molecular weight is 176 g/mol. The summed E-state index contributed by atoms with van der Waals surface area (Å²) in [4.78, 5) is 0. The zero-order chi connectivity index (χ0) is 9.00. The van der Waals surface area contributed by atoms with Crippen LogP contribution in [0.3, 0.4) is 0 Å². The van der Waals surface area contributed by atoms with Crippen LogP contribution in [-0.2, 0) is 0 Å². The van der Waals surface area contributed by atoms with Crippen molar-refractivity contribution in [2.75, 3.05) is 0 Å². The van der Waals surface area contributed by atoms with Gasteiger partial charge in [-0.15, -0.1) is 0 Å². The van der Waals surface area contributed by atoms with Crippen molar-refractivity contribution in [2.24, 2.45) is 0 Å². The first kappa shape index (κ1) is 7.25. The summed E-state index contributed by atoms with van der Waals surface area (Å²) in [5, 5.41) is 19.3. The van der Waals surface area contributed by atoms with E-state index < -0.39 is 0 Å². The van der Waals surface area contributed by atoms with Gasteiger partial charge in [-0.3, -0.25) is 0 Å². The average Bonchev–Trinajstić information content (AvgIpc) is 2.70. The first-order chi connectivity index (χ1) is 6.27. The summed E-state index contributed by atoms with van der Waals surface area (Å²) < 4.78 is 0. The largest absolute Gasteiger partial charge is 0.508 e. The number of hydrogen-bond acceptors (Lipinski definition) is 2. The van der Waals surface area contributed by atoms with Gasteiger partial charge in [0.15, 0.2) is 0 Å². The quantitative estimate of drug-likeness (QED) is 0.596. The fourth-order valence-electron chi connectivity index (χ4n) is 2.98. The topological polar surface area (TPSA) is 40.5 Å². The molecule has 3 rings (SSSR count). The van der Waals surface area contributed by atoms with E-state index in [1.165, 1.54) is 12.8 Å². The fourth-order valence-corrected chi connectivity index (χ4v) is 2.98. The molecule has 0 heterocycles. The maximum Gasteiger partial charge on any atom is 0.119 e. The molecule has 0 spiro atoms. The molecular formula is C11H12O2. The van der Waals surface area contributed by atoms with E-state index in [0.717, 1.165) is 17.5 Å². The van der Waals surface area contributed by atoms with Crippen LogP contribution in [0.4, 0.5) is 0 Å². The minimum absolute atomic E-state index is 0.375. The second-order valence-corrected chi connectivity index (χ2v) is 4.14. The Bertz CT molecular complexity index is 336. The molecule has 1 aromatic rings. The van der Waals surface area contributed by atoms with Crippen LogP contribution in [0.2, 0.25) is 0 Å². The monoisotopic (exact) mass is 176 g/mol. The van der Waals surface area contributed by atoms with Gasteiger partial charge in [-0.1, -0.05) is 0 Å². The van der Waals surface area contributed by atoms with E-state index in [2.05, 4.69) is 0 Å². The fraction of sp³-hybridized carbons (Fsp3) is 0.455. The van der Waals surface area contributed by atoms with E-state index in [9.17, 15) is 10.2 Å². The van der Waals surface area contributed by atoms with Gasteiger partial charge in [-0.25, -0.2) is 0 Å². The molecular weight excluding hydrogens is 164 g/mol. The SMILES string of the molecule is Oc1ccc(O)c2c1[C@@H]1CC[C@@H]2C1. The molecule has 0 radical (unpaired) electrons. The lowest BCUT2D eigenvalue weighted by Gasteiger charge is -2.17. The molecule has 1 aromatic carbocycles. The predicted molar refractivity (Wildman–Crippen MR) is 49.1 cm³/mol. The number of aromatic hydroxyl groups is 2. The molecule has 0 saturated heterocycles. The van der Waals surface area contributed by atoms with Crippen molar-refractivity contribution in [1.29, 1.82) is 0 Å². The van der Waals surface area contributed by atoms with Crippen molar-refractivity contribution in [3.05, 3.63) is 23.3 Å². The van der Waals surface area contributed by atoms with Gasteiger partial charge in [0.25, 0.3) is 0 Å². The van der Waals surface area contributed by atoms with Crippen LogP contribution in [-0.4, -0.2) is 10.2 Å². The van der Waals surface area contributed by atoms with Crippen LogP contribution < -0.4 is 0 Å². The van der Waals surface area contributed by atoms with E-state index >= 15 is 0 Å². The van der Waals surface area contributed by atoms with Gasteiger partial charge in [0.2, 0.25) is 0 Å². The van der Waals surface area contributed by atoms with Gasteiger partial charge in [0, 0.05) is 11.1 Å². The van der Waals surface area contributed by atoms with Crippen molar-refractivity contribution >= 4 is 0 Å². The van der Waals surface area contributed by atoms with Crippen molar-refractivity contribution < 1.29 is 10.2 Å². The Kier molecular flexibility index (Phi) is 1.22. The van der Waals surface area contributed by atoms with Crippen molar-refractivity contribution in [1.82, 2.24) is 0 Å². The van der Waals surface area contributed by atoms with Crippen molar-refractivity contribution in [2.45, 2.75) is 31.1 Å². The van der Waals surface area contributed by atoms with Crippen LogP contribution in [0, 0.1) is 0 Å². The summed E-state index contributed by atoms with van der Waals surface area (Å²) in [5.74, 6) is 1.76. The van der Waals surface area contributed by atoms with E-state index in [-0.39, 0.29) is 0 Å². The summed E-state index contributed by atoms with van der Waals surface area (Å²) in [6, 6.07) is 3.21. The Hall–Kier alpha value is -1.18. The minimum Gasteiger partial charge on any atom is -0.508 e. The molecule has 2 heteroatoms. The highest BCUT2D eigenvalue weighted by Gasteiger charge is 2.40. The number of hydrogen-bond donors (Lipinski definition) is 2. The van der Waals surface area contributed by atoms with Gasteiger partial charge in [-0.2, -0.15) is 0 Å². The first-order valence-electron chi connectivity index (χ1n) is 4.82. The van der Waals surface area contributed by atoms with Gasteiger partial charge in [-0.05, 0) is 43.2 Å². The lowest BCUT2D eigenvalue weighted by atomic mass is 9.90. The number of rotatable bonds is 0. The summed E-state index contributed by atoms with van der Waals surface area (Å²) in [6.45, 7) is 0. The van der Waals surface area contributed by atoms with E-state index in [0.29, 0.717) is 23.3 Å². The van der Waals surface area contributed by atoms with Gasteiger partial charge < -0.3 is 10.2 Å². The van der Waals surface area contributed by atoms with Crippen LogP contribution in [0.15, 0.2) is 12.1 Å². The Labute approximate surface area is 76.8 Å². The molecule has 2 bridgehead atoms. The molecule has 2 nitrogen and oxygen atoms in total. The van der Waals surface area contributed by atoms with Gasteiger partial charge in [0.05, 0.1) is 0 Å². The maximum absolute atomic E-state index is 9.67. The third-order valence-corrected chi connectivity index (χ3v) is 3.49. The molecule has 0 aliphatic heterocycles. The predicted octanol–water partition coefficient (Wildman–Crippen LogP) is 2.46. The number of phenolic OH excluding ortho intramolecular Hbond substituents is 2. The molecule has 2 aliphatic rings. The van der Waals surface area contributed by atoms with E-state index in [1.54, 1.807) is 12.1 Å². The second-order valence-electron chi connectivity index (χ2n) is 4.14. The van der Waals surface area contributed by atoms with Crippen LogP contribution in [0.5, 0.6) is 11.5 Å². The molecule has 2 N–H and O–H groups in total. The Morgan fingerprint density at radius 3 is 1.85 bits per heavy atom. The van der Waals surface area contributed by atoms with E-state index in [4.69, 9.17) is 0 Å². The zero-order valence-corrected chi connectivity index (χ0v) is 7.33. The highest BCUT2D eigenvalue weighted by Crippen LogP contribution is 2.58. The summed E-state index contributed by atoms with van der Waals surface area (Å²) in [7, 11) is 0. The lowest BCUT2D eigenvalue weighted by molar-refractivity contribution is 0.442. The highest BCUT2D eigenvalue weighted by atomic mass is 16.3. The van der Waals surface area contributed by atoms with Crippen molar-refractivity contribution in [3.8, 4) is 11.5 Å². The maximum atomic E-state index is 9.67. The Balaban J connectivity index is 2.30. The second kappa shape index (κ2) is 2.19. The minimum atomic E-state index is 0.375. The smallest absolute Gasteiger partial charge is 0.119 e. The van der Waals surface area contributed by atoms with Gasteiger partial charge in [0.1, 0.15) is 11.5 Å². The standard InChI is InChI=1S/C11H12O2/c12-8-3-4-9(13)11-7-2-1-6(5-7)10(8)11/h3-4,6-7,12-13H,1-2,5H2/t6-,7-/m1/s1. The molecule has 2 atom stereocenters. The number of fused-ring (bicyclic) bond motifs is 5. The summed E-state index contributed by atoms with van der Waals surface area (Å²) in [5.41, 5.74) is 2.05. The molecule has 0 amide bonds. The molecule has 1 saturated carbocycles. The van der Waals surface area contributed by atoms with E-state index in [1.807, 2.05) is 0 Å². The molecule has 2 aliphatic carbocycles. The Morgan fingerprint density at radius 1 is 0.923 bits per heavy atom. The third-order valence-electron chi connectivity index (χ3n) is 3.49. The summed E-state index contributed by atoms with van der Waals surface area (Å²) >= 11 is 0. The first-order valence-corrected chi connectivity index (χ1v) is 4.82. The van der Waals surface area contributed by atoms with Gasteiger partial charge >= 0.3 is 0 Å². The molecule has 68 valence electrons. The highest BCUT2D eigenvalue weighted by molar-refractivity contribution is 5.55. The van der Waals surface area contributed by atoms with Crippen LogP contribution in [0.25, 0.3) is 0 Å². The third kappa shape index (κ3) is 0.781. The van der Waals surface area contributed by atoms with Crippen LogP contribution >= 0.6 is 0 Å².